The molecule has 1 rings (SSSR count). The third-order valence-electron chi connectivity index (χ3n) is 1.72. The molecule has 0 unspecified atom stereocenters. The van der Waals surface area contributed by atoms with Crippen LogP contribution in [0.4, 0.5) is 0 Å². The van der Waals surface area contributed by atoms with E-state index in [0.29, 0.717) is 11.6 Å². The Morgan fingerprint density at radius 2 is 2.29 bits per heavy atom. The van der Waals surface area contributed by atoms with Crippen LogP contribution in [0, 0.1) is 0 Å². The molecule has 1 amide bonds. The lowest BCUT2D eigenvalue weighted by Crippen LogP contribution is -2.03. The van der Waals surface area contributed by atoms with E-state index in [4.69, 9.17) is 0 Å². The van der Waals surface area contributed by atoms with Crippen molar-refractivity contribution < 1.29 is 4.79 Å². The van der Waals surface area contributed by atoms with Crippen LogP contribution in [0.25, 0.3) is 0 Å². The molecule has 0 aromatic carbocycles. The SMILES string of the molecule is CCCCC1=N[N]C(=NC(=O)CC)S1. The molecule has 1 aliphatic rings. The van der Waals surface area contributed by atoms with Crippen LogP contribution in [-0.4, -0.2) is 16.1 Å². The van der Waals surface area contributed by atoms with Gasteiger partial charge in [-0.25, -0.2) is 0 Å². The smallest absolute Gasteiger partial charge is 0.247 e. The van der Waals surface area contributed by atoms with Crippen LogP contribution in [0.5, 0.6) is 0 Å². The summed E-state index contributed by atoms with van der Waals surface area (Å²) in [6.45, 7) is 3.91. The number of rotatable bonds is 4. The van der Waals surface area contributed by atoms with Crippen LogP contribution in [0.2, 0.25) is 0 Å². The van der Waals surface area contributed by atoms with Crippen LogP contribution >= 0.6 is 11.8 Å². The Labute approximate surface area is 88.2 Å². The normalized spacial score (nSPS) is 18.1. The molecule has 0 atom stereocenters. The lowest BCUT2D eigenvalue weighted by molar-refractivity contribution is -0.117. The molecule has 0 saturated carbocycles. The highest BCUT2D eigenvalue weighted by Gasteiger charge is 2.16. The van der Waals surface area contributed by atoms with Crippen molar-refractivity contribution >= 4 is 27.9 Å². The van der Waals surface area contributed by atoms with E-state index >= 15 is 0 Å². The van der Waals surface area contributed by atoms with Crippen LogP contribution in [0.15, 0.2) is 10.1 Å². The molecule has 0 aromatic rings. The van der Waals surface area contributed by atoms with E-state index in [-0.39, 0.29) is 5.91 Å². The van der Waals surface area contributed by atoms with Crippen molar-refractivity contribution in [3.05, 3.63) is 0 Å². The Kier molecular flexibility index (Phi) is 4.65. The van der Waals surface area contributed by atoms with Gasteiger partial charge >= 0.3 is 0 Å². The first kappa shape index (κ1) is 11.2. The number of carbonyl (C=O) groups is 1. The van der Waals surface area contributed by atoms with E-state index in [0.717, 1.165) is 24.3 Å². The van der Waals surface area contributed by atoms with E-state index in [1.54, 1.807) is 6.92 Å². The van der Waals surface area contributed by atoms with Gasteiger partial charge in [0.15, 0.2) is 0 Å². The molecule has 5 heteroatoms. The predicted octanol–water partition coefficient (Wildman–Crippen LogP) is 2.13. The molecule has 4 nitrogen and oxygen atoms in total. The summed E-state index contributed by atoms with van der Waals surface area (Å²) in [5, 5.41) is 5.42. The summed E-state index contributed by atoms with van der Waals surface area (Å²) in [5.41, 5.74) is 3.84. The maximum absolute atomic E-state index is 11.0. The van der Waals surface area contributed by atoms with Crippen LogP contribution < -0.4 is 5.43 Å². The van der Waals surface area contributed by atoms with E-state index < -0.39 is 0 Å². The van der Waals surface area contributed by atoms with Crippen LogP contribution in [0.1, 0.15) is 39.5 Å². The Hall–Kier alpha value is -0.840. The van der Waals surface area contributed by atoms with Gasteiger partial charge in [-0.05, 0) is 24.6 Å². The molecule has 77 valence electrons. The van der Waals surface area contributed by atoms with Crippen molar-refractivity contribution in [1.82, 2.24) is 5.43 Å². The Bertz CT molecular complexity index is 273. The highest BCUT2D eigenvalue weighted by molar-refractivity contribution is 8.26. The van der Waals surface area contributed by atoms with Crippen molar-refractivity contribution in [1.29, 1.82) is 0 Å². The predicted molar refractivity (Wildman–Crippen MR) is 59.4 cm³/mol. The fraction of sp³-hybridized carbons (Fsp3) is 0.667. The summed E-state index contributed by atoms with van der Waals surface area (Å²) in [6, 6.07) is 0. The molecule has 0 aliphatic carbocycles. The molecule has 1 heterocycles. The number of unbranched alkanes of at least 4 members (excludes halogenated alkanes) is 1. The van der Waals surface area contributed by atoms with Crippen LogP contribution in [-0.2, 0) is 4.79 Å². The highest BCUT2D eigenvalue weighted by atomic mass is 32.2. The maximum atomic E-state index is 11.0. The summed E-state index contributed by atoms with van der Waals surface area (Å²) in [6.07, 6.45) is 3.60. The van der Waals surface area contributed by atoms with Crippen molar-refractivity contribution in [2.75, 3.05) is 0 Å². The van der Waals surface area contributed by atoms with Gasteiger partial charge in [0.05, 0.1) is 0 Å². The van der Waals surface area contributed by atoms with Crippen molar-refractivity contribution in [3.63, 3.8) is 0 Å². The molecule has 0 saturated heterocycles. The number of hydrogen-bond donors (Lipinski definition) is 0. The van der Waals surface area contributed by atoms with Gasteiger partial charge in [0.2, 0.25) is 11.1 Å². The van der Waals surface area contributed by atoms with E-state index in [1.807, 2.05) is 0 Å². The van der Waals surface area contributed by atoms with Gasteiger partial charge in [-0.1, -0.05) is 20.3 Å². The highest BCUT2D eigenvalue weighted by Crippen LogP contribution is 2.18. The minimum Gasteiger partial charge on any atom is -0.273 e. The van der Waals surface area contributed by atoms with Crippen molar-refractivity contribution in [2.45, 2.75) is 39.5 Å². The van der Waals surface area contributed by atoms with E-state index in [9.17, 15) is 4.79 Å². The van der Waals surface area contributed by atoms with Gasteiger partial charge in [0, 0.05) is 6.42 Å². The van der Waals surface area contributed by atoms with Gasteiger partial charge in [-0.2, -0.15) is 4.99 Å². The lowest BCUT2D eigenvalue weighted by Gasteiger charge is -1.93. The number of amidine groups is 1. The van der Waals surface area contributed by atoms with E-state index in [1.165, 1.54) is 11.8 Å². The molecule has 0 bridgehead atoms. The number of nitrogens with zero attached hydrogens (tertiary/aromatic N) is 3. The monoisotopic (exact) mass is 212 g/mol. The minimum atomic E-state index is -0.136. The van der Waals surface area contributed by atoms with Gasteiger partial charge in [-0.15, -0.1) is 10.5 Å². The number of aliphatic imine (C=N–C) groups is 1. The minimum absolute atomic E-state index is 0.136. The summed E-state index contributed by atoms with van der Waals surface area (Å²) in [4.78, 5) is 14.8. The molecule has 0 fully saturated rings. The van der Waals surface area contributed by atoms with Gasteiger partial charge in [0.1, 0.15) is 5.04 Å². The Morgan fingerprint density at radius 1 is 1.50 bits per heavy atom. The molecule has 14 heavy (non-hydrogen) atoms. The fourth-order valence-electron chi connectivity index (χ4n) is 0.905. The second kappa shape index (κ2) is 5.80. The standard InChI is InChI=1S/C9H14N3OS/c1-3-5-6-8-11-12-9(14-8)10-7(13)4-2/h3-6H2,1-2H3. The summed E-state index contributed by atoms with van der Waals surface area (Å²) in [7, 11) is 0. The van der Waals surface area contributed by atoms with Crippen molar-refractivity contribution in [3.8, 4) is 0 Å². The first-order chi connectivity index (χ1) is 6.76. The zero-order valence-electron chi connectivity index (χ0n) is 8.49. The second-order valence-electron chi connectivity index (χ2n) is 2.94. The van der Waals surface area contributed by atoms with Gasteiger partial charge in [-0.3, -0.25) is 4.79 Å². The molecule has 1 radical (unpaired) electrons. The molecule has 0 N–H and O–H groups in total. The zero-order chi connectivity index (χ0) is 10.4. The van der Waals surface area contributed by atoms with E-state index in [2.05, 4.69) is 22.4 Å². The summed E-state index contributed by atoms with van der Waals surface area (Å²) in [5.74, 6) is -0.136. The fourth-order valence-corrected chi connectivity index (χ4v) is 1.67. The topological polar surface area (TPSA) is 55.9 Å². The average Bonchev–Trinajstić information content (AvgIpc) is 2.62. The number of carbonyl (C=O) groups excluding carboxylic acids is 1. The Balaban J connectivity index is 2.38. The van der Waals surface area contributed by atoms with Crippen molar-refractivity contribution in [2.24, 2.45) is 10.1 Å². The first-order valence-electron chi connectivity index (χ1n) is 4.83. The third kappa shape index (κ3) is 3.49. The number of hydrogen-bond acceptors (Lipinski definition) is 3. The first-order valence-corrected chi connectivity index (χ1v) is 5.64. The third-order valence-corrected chi connectivity index (χ3v) is 2.60. The van der Waals surface area contributed by atoms with Gasteiger partial charge < -0.3 is 0 Å². The zero-order valence-corrected chi connectivity index (χ0v) is 9.30. The quantitative estimate of drug-likeness (QED) is 0.716. The summed E-state index contributed by atoms with van der Waals surface area (Å²) < 4.78 is 0. The average molecular weight is 212 g/mol. The lowest BCUT2D eigenvalue weighted by atomic mass is 10.3. The van der Waals surface area contributed by atoms with Gasteiger partial charge in [0.25, 0.3) is 0 Å². The molecule has 0 spiro atoms. The number of thioether (sulfide) groups is 1. The second-order valence-corrected chi connectivity index (χ2v) is 3.98. The maximum Gasteiger partial charge on any atom is 0.247 e. The molecular weight excluding hydrogens is 198 g/mol. The molecule has 1 aliphatic heterocycles. The molecular formula is C9H14N3OS. The largest absolute Gasteiger partial charge is 0.273 e. The molecule has 0 aromatic heterocycles. The summed E-state index contributed by atoms with van der Waals surface area (Å²) >= 11 is 1.41. The van der Waals surface area contributed by atoms with Crippen LogP contribution in [0.3, 0.4) is 0 Å². The number of amides is 1. The Morgan fingerprint density at radius 3 is 2.93 bits per heavy atom.